The summed E-state index contributed by atoms with van der Waals surface area (Å²) in [5, 5.41) is 12.0. The summed E-state index contributed by atoms with van der Waals surface area (Å²) in [6.45, 7) is 0.102. The second kappa shape index (κ2) is 6.74. The van der Waals surface area contributed by atoms with Crippen LogP contribution in [0.15, 0.2) is 18.2 Å². The molecule has 1 amide bonds. The van der Waals surface area contributed by atoms with Crippen molar-refractivity contribution >= 4 is 34.8 Å². The summed E-state index contributed by atoms with van der Waals surface area (Å²) in [5.74, 6) is -0.127. The predicted molar refractivity (Wildman–Crippen MR) is 66.0 cm³/mol. The smallest absolute Gasteiger partial charge is 0.224 e. The highest BCUT2D eigenvalue weighted by molar-refractivity contribution is 6.43. The number of hydrogen-bond acceptors (Lipinski definition) is 2. The number of amides is 1. The first-order valence-corrected chi connectivity index (χ1v) is 5.75. The minimum Gasteiger partial charge on any atom is -0.396 e. The van der Waals surface area contributed by atoms with Gasteiger partial charge in [0.1, 0.15) is 0 Å². The molecule has 2 N–H and O–H groups in total. The van der Waals surface area contributed by atoms with Crippen LogP contribution in [0.25, 0.3) is 0 Å². The van der Waals surface area contributed by atoms with E-state index in [1.165, 1.54) is 0 Å². The van der Waals surface area contributed by atoms with Crippen molar-refractivity contribution in [2.75, 3.05) is 11.9 Å². The van der Waals surface area contributed by atoms with E-state index >= 15 is 0 Å². The lowest BCUT2D eigenvalue weighted by Crippen LogP contribution is -2.11. The van der Waals surface area contributed by atoms with Crippen LogP contribution in [0.3, 0.4) is 0 Å². The Kier molecular flexibility index (Phi) is 5.60. The third-order valence-electron chi connectivity index (χ3n) is 2.04. The van der Waals surface area contributed by atoms with Gasteiger partial charge < -0.3 is 10.4 Å². The lowest BCUT2D eigenvalue weighted by Gasteiger charge is -2.07. The highest BCUT2D eigenvalue weighted by Crippen LogP contribution is 2.29. The Bertz CT molecular complexity index is 369. The molecule has 1 rings (SSSR count). The van der Waals surface area contributed by atoms with Gasteiger partial charge in [-0.1, -0.05) is 29.3 Å². The number of hydrogen-bond donors (Lipinski definition) is 2. The van der Waals surface area contributed by atoms with Crippen molar-refractivity contribution < 1.29 is 9.90 Å². The van der Waals surface area contributed by atoms with E-state index in [9.17, 15) is 4.79 Å². The number of benzene rings is 1. The van der Waals surface area contributed by atoms with Crippen molar-refractivity contribution in [1.29, 1.82) is 0 Å². The van der Waals surface area contributed by atoms with Crippen LogP contribution in [0.1, 0.15) is 19.3 Å². The predicted octanol–water partition coefficient (Wildman–Crippen LogP) is 3.09. The molecular weight excluding hydrogens is 249 g/mol. The molecule has 0 fully saturated rings. The lowest BCUT2D eigenvalue weighted by molar-refractivity contribution is -0.116. The van der Waals surface area contributed by atoms with E-state index in [1.807, 2.05) is 0 Å². The fourth-order valence-electron chi connectivity index (χ4n) is 1.21. The molecular formula is C11H13Cl2NO2. The van der Waals surface area contributed by atoms with Gasteiger partial charge in [-0.25, -0.2) is 0 Å². The second-order valence-electron chi connectivity index (χ2n) is 3.33. The molecule has 0 heterocycles. The van der Waals surface area contributed by atoms with Crippen LogP contribution in [-0.2, 0) is 4.79 Å². The van der Waals surface area contributed by atoms with E-state index in [4.69, 9.17) is 28.3 Å². The van der Waals surface area contributed by atoms with Crippen molar-refractivity contribution in [3.63, 3.8) is 0 Å². The van der Waals surface area contributed by atoms with Gasteiger partial charge in [-0.3, -0.25) is 4.79 Å². The van der Waals surface area contributed by atoms with Gasteiger partial charge in [0.25, 0.3) is 0 Å². The molecule has 0 radical (unpaired) electrons. The van der Waals surface area contributed by atoms with Crippen molar-refractivity contribution in [3.05, 3.63) is 28.2 Å². The van der Waals surface area contributed by atoms with Gasteiger partial charge in [-0.2, -0.15) is 0 Å². The molecule has 0 bridgehead atoms. The fourth-order valence-corrected chi connectivity index (χ4v) is 1.56. The SMILES string of the molecule is O=C(CCCCO)Nc1cccc(Cl)c1Cl. The number of unbranched alkanes of at least 4 members (excludes halogenated alkanes) is 1. The Morgan fingerprint density at radius 2 is 2.06 bits per heavy atom. The Morgan fingerprint density at radius 1 is 1.31 bits per heavy atom. The van der Waals surface area contributed by atoms with Crippen LogP contribution in [0.4, 0.5) is 5.69 Å². The van der Waals surface area contributed by atoms with Crippen LogP contribution in [0.5, 0.6) is 0 Å². The van der Waals surface area contributed by atoms with Crippen molar-refractivity contribution in [3.8, 4) is 0 Å². The topological polar surface area (TPSA) is 49.3 Å². The van der Waals surface area contributed by atoms with Crippen molar-refractivity contribution in [2.45, 2.75) is 19.3 Å². The Morgan fingerprint density at radius 3 is 2.75 bits per heavy atom. The van der Waals surface area contributed by atoms with Gasteiger partial charge in [0.2, 0.25) is 5.91 Å². The van der Waals surface area contributed by atoms with Crippen LogP contribution in [0.2, 0.25) is 10.0 Å². The molecule has 0 saturated carbocycles. The maximum atomic E-state index is 11.5. The molecule has 0 saturated heterocycles. The van der Waals surface area contributed by atoms with Gasteiger partial charge >= 0.3 is 0 Å². The summed E-state index contributed by atoms with van der Waals surface area (Å²) in [4.78, 5) is 11.5. The average Bonchev–Trinajstić information content (AvgIpc) is 2.25. The third kappa shape index (κ3) is 4.00. The van der Waals surface area contributed by atoms with Gasteiger partial charge in [-0.15, -0.1) is 0 Å². The number of nitrogens with one attached hydrogen (secondary N) is 1. The molecule has 0 aliphatic heterocycles. The van der Waals surface area contributed by atoms with Gasteiger partial charge in [0.15, 0.2) is 0 Å². The average molecular weight is 262 g/mol. The molecule has 16 heavy (non-hydrogen) atoms. The molecule has 88 valence electrons. The normalized spacial score (nSPS) is 10.2. The van der Waals surface area contributed by atoms with E-state index in [1.54, 1.807) is 18.2 Å². The second-order valence-corrected chi connectivity index (χ2v) is 4.12. The molecule has 0 aromatic heterocycles. The molecule has 0 aliphatic carbocycles. The molecule has 0 atom stereocenters. The first-order valence-electron chi connectivity index (χ1n) is 5.00. The summed E-state index contributed by atoms with van der Waals surface area (Å²) in [6.07, 6.45) is 1.64. The van der Waals surface area contributed by atoms with E-state index < -0.39 is 0 Å². The molecule has 3 nitrogen and oxygen atoms in total. The van der Waals surface area contributed by atoms with Crippen molar-refractivity contribution in [1.82, 2.24) is 0 Å². The third-order valence-corrected chi connectivity index (χ3v) is 2.86. The van der Waals surface area contributed by atoms with Gasteiger partial charge in [0, 0.05) is 13.0 Å². The number of carbonyl (C=O) groups excluding carboxylic acids is 1. The number of anilines is 1. The van der Waals surface area contributed by atoms with E-state index in [-0.39, 0.29) is 12.5 Å². The molecule has 1 aromatic carbocycles. The van der Waals surface area contributed by atoms with Gasteiger partial charge in [0.05, 0.1) is 15.7 Å². The highest BCUT2D eigenvalue weighted by atomic mass is 35.5. The lowest BCUT2D eigenvalue weighted by atomic mass is 10.2. The summed E-state index contributed by atoms with van der Waals surface area (Å²) in [6, 6.07) is 5.07. The van der Waals surface area contributed by atoms with E-state index in [0.717, 1.165) is 0 Å². The summed E-state index contributed by atoms with van der Waals surface area (Å²) in [5.41, 5.74) is 0.517. The van der Waals surface area contributed by atoms with Crippen LogP contribution < -0.4 is 5.32 Å². The Hall–Kier alpha value is -0.770. The monoisotopic (exact) mass is 261 g/mol. The first kappa shape index (κ1) is 13.3. The van der Waals surface area contributed by atoms with Crippen LogP contribution >= 0.6 is 23.2 Å². The summed E-state index contributed by atoms with van der Waals surface area (Å²) < 4.78 is 0. The van der Waals surface area contributed by atoms with Crippen LogP contribution in [-0.4, -0.2) is 17.6 Å². The number of carbonyl (C=O) groups is 1. The Balaban J connectivity index is 2.53. The quantitative estimate of drug-likeness (QED) is 0.801. The number of halogens is 2. The maximum Gasteiger partial charge on any atom is 0.224 e. The zero-order chi connectivity index (χ0) is 12.0. The van der Waals surface area contributed by atoms with Gasteiger partial charge in [-0.05, 0) is 25.0 Å². The zero-order valence-corrected chi connectivity index (χ0v) is 10.2. The molecule has 0 spiro atoms. The standard InChI is InChI=1S/C11H13Cl2NO2/c12-8-4-3-5-9(11(8)13)14-10(16)6-1-2-7-15/h3-5,15H,1-2,6-7H2,(H,14,16). The zero-order valence-electron chi connectivity index (χ0n) is 8.67. The van der Waals surface area contributed by atoms with Crippen LogP contribution in [0, 0.1) is 0 Å². The highest BCUT2D eigenvalue weighted by Gasteiger charge is 2.07. The minimum atomic E-state index is -0.127. The molecule has 0 unspecified atom stereocenters. The molecule has 1 aromatic rings. The summed E-state index contributed by atoms with van der Waals surface area (Å²) >= 11 is 11.7. The largest absolute Gasteiger partial charge is 0.396 e. The number of rotatable bonds is 5. The minimum absolute atomic E-state index is 0.102. The maximum absolute atomic E-state index is 11.5. The van der Waals surface area contributed by atoms with E-state index in [2.05, 4.69) is 5.32 Å². The Labute approximate surface area is 104 Å². The van der Waals surface area contributed by atoms with Crippen molar-refractivity contribution in [2.24, 2.45) is 0 Å². The van der Waals surface area contributed by atoms with E-state index in [0.29, 0.717) is 35.0 Å². The number of aliphatic hydroxyl groups excluding tert-OH is 1. The fraction of sp³-hybridized carbons (Fsp3) is 0.364. The summed E-state index contributed by atoms with van der Waals surface area (Å²) in [7, 11) is 0. The molecule has 0 aliphatic rings. The number of aliphatic hydroxyl groups is 1. The first-order chi connectivity index (χ1) is 7.65. The molecule has 5 heteroatoms.